The number of benzene rings is 2. The van der Waals surface area contributed by atoms with Gasteiger partial charge in [0.05, 0.1) is 5.56 Å². The van der Waals surface area contributed by atoms with Gasteiger partial charge in [-0.3, -0.25) is 0 Å². The molecule has 6 heteroatoms. The van der Waals surface area contributed by atoms with Gasteiger partial charge in [0.1, 0.15) is 5.75 Å². The zero-order valence-corrected chi connectivity index (χ0v) is 14.0. The SMILES string of the molecule is CCCCCCC(OC(=O)c1ccc2cc(O)ccc2c1)C(F)(F)F. The number of rotatable bonds is 7. The normalized spacial score (nSPS) is 13.0. The Bertz CT molecular complexity index is 725. The van der Waals surface area contributed by atoms with Crippen molar-refractivity contribution in [3.63, 3.8) is 0 Å². The van der Waals surface area contributed by atoms with Crippen LogP contribution in [0.5, 0.6) is 5.75 Å². The highest BCUT2D eigenvalue weighted by atomic mass is 19.4. The van der Waals surface area contributed by atoms with Crippen molar-refractivity contribution in [1.29, 1.82) is 0 Å². The maximum Gasteiger partial charge on any atom is 0.425 e. The summed E-state index contributed by atoms with van der Waals surface area (Å²) in [6, 6.07) is 8.97. The Labute approximate surface area is 144 Å². The van der Waals surface area contributed by atoms with Gasteiger partial charge in [0.25, 0.3) is 0 Å². The molecule has 3 nitrogen and oxygen atoms in total. The van der Waals surface area contributed by atoms with Crippen LogP contribution in [0.15, 0.2) is 36.4 Å². The summed E-state index contributed by atoms with van der Waals surface area (Å²) in [6.45, 7) is 1.97. The van der Waals surface area contributed by atoms with E-state index in [1.807, 2.05) is 6.92 Å². The summed E-state index contributed by atoms with van der Waals surface area (Å²) >= 11 is 0. The first kappa shape index (κ1) is 19.1. The van der Waals surface area contributed by atoms with Crippen molar-refractivity contribution >= 4 is 16.7 Å². The van der Waals surface area contributed by atoms with Gasteiger partial charge in [0, 0.05) is 0 Å². The molecule has 0 amide bonds. The molecule has 25 heavy (non-hydrogen) atoms. The van der Waals surface area contributed by atoms with E-state index in [1.54, 1.807) is 12.1 Å². The molecule has 0 aromatic heterocycles. The highest BCUT2D eigenvalue weighted by Crippen LogP contribution is 2.29. The second-order valence-electron chi connectivity index (χ2n) is 6.03. The molecule has 0 saturated heterocycles. The smallest absolute Gasteiger partial charge is 0.425 e. The van der Waals surface area contributed by atoms with E-state index in [4.69, 9.17) is 4.74 Å². The van der Waals surface area contributed by atoms with Gasteiger partial charge in [0.15, 0.2) is 6.10 Å². The monoisotopic (exact) mass is 354 g/mol. The van der Waals surface area contributed by atoms with Crippen molar-refractivity contribution in [2.24, 2.45) is 0 Å². The lowest BCUT2D eigenvalue weighted by atomic mass is 10.1. The fourth-order valence-electron chi connectivity index (χ4n) is 2.60. The molecule has 0 saturated carbocycles. The Kier molecular flexibility index (Phi) is 6.28. The Balaban J connectivity index is 2.10. The lowest BCUT2D eigenvalue weighted by molar-refractivity contribution is -0.206. The van der Waals surface area contributed by atoms with Gasteiger partial charge < -0.3 is 9.84 Å². The second-order valence-corrected chi connectivity index (χ2v) is 6.03. The zero-order valence-electron chi connectivity index (χ0n) is 14.0. The van der Waals surface area contributed by atoms with Crippen LogP contribution in [0.4, 0.5) is 13.2 Å². The van der Waals surface area contributed by atoms with Gasteiger partial charge in [-0.2, -0.15) is 13.2 Å². The molecular weight excluding hydrogens is 333 g/mol. The molecular formula is C19H21F3O3. The minimum atomic E-state index is -4.58. The van der Waals surface area contributed by atoms with Crippen molar-refractivity contribution < 1.29 is 27.8 Å². The lowest BCUT2D eigenvalue weighted by Gasteiger charge is -2.20. The summed E-state index contributed by atoms with van der Waals surface area (Å²) in [5.41, 5.74) is 0.0565. The molecule has 0 radical (unpaired) electrons. The molecule has 2 aromatic rings. The molecule has 1 atom stereocenters. The third-order valence-corrected chi connectivity index (χ3v) is 3.99. The zero-order chi connectivity index (χ0) is 18.4. The van der Waals surface area contributed by atoms with Crippen LogP contribution in [0.3, 0.4) is 0 Å². The number of alkyl halides is 3. The van der Waals surface area contributed by atoms with Crippen LogP contribution in [0.1, 0.15) is 49.4 Å². The second kappa shape index (κ2) is 8.23. The van der Waals surface area contributed by atoms with Crippen molar-refractivity contribution in [2.45, 2.75) is 51.3 Å². The van der Waals surface area contributed by atoms with Gasteiger partial charge >= 0.3 is 12.1 Å². The van der Waals surface area contributed by atoms with E-state index >= 15 is 0 Å². The predicted octanol–water partition coefficient (Wildman–Crippen LogP) is 5.60. The number of phenolic OH excluding ortho intramolecular Hbond substituents is 1. The first-order chi connectivity index (χ1) is 11.8. The number of ether oxygens (including phenoxy) is 1. The summed E-state index contributed by atoms with van der Waals surface area (Å²) < 4.78 is 44.0. The summed E-state index contributed by atoms with van der Waals surface area (Å²) in [7, 11) is 0. The number of carbonyl (C=O) groups excluding carboxylic acids is 1. The molecule has 0 aliphatic heterocycles. The third-order valence-electron chi connectivity index (χ3n) is 3.99. The first-order valence-corrected chi connectivity index (χ1v) is 8.31. The van der Waals surface area contributed by atoms with Crippen LogP contribution in [0.2, 0.25) is 0 Å². The molecule has 0 aliphatic rings. The minimum absolute atomic E-state index is 0.0565. The van der Waals surface area contributed by atoms with E-state index in [-0.39, 0.29) is 17.7 Å². The lowest BCUT2D eigenvalue weighted by Crippen LogP contribution is -2.33. The van der Waals surface area contributed by atoms with E-state index in [0.717, 1.165) is 12.8 Å². The number of unbranched alkanes of at least 4 members (excludes halogenated alkanes) is 3. The standard InChI is InChI=1S/C19H21F3O3/c1-2-3-4-5-6-17(19(20,21)22)25-18(24)15-8-7-14-12-16(23)10-9-13(14)11-15/h7-12,17,23H,2-6H2,1H3. The van der Waals surface area contributed by atoms with Crippen LogP contribution in [0, 0.1) is 0 Å². The maximum absolute atomic E-state index is 13.1. The van der Waals surface area contributed by atoms with Crippen LogP contribution in [-0.4, -0.2) is 23.4 Å². The topological polar surface area (TPSA) is 46.5 Å². The number of halogens is 3. The van der Waals surface area contributed by atoms with E-state index in [9.17, 15) is 23.1 Å². The highest BCUT2D eigenvalue weighted by Gasteiger charge is 2.42. The average molecular weight is 354 g/mol. The predicted molar refractivity (Wildman–Crippen MR) is 89.6 cm³/mol. The number of aromatic hydroxyl groups is 1. The molecule has 136 valence electrons. The van der Waals surface area contributed by atoms with E-state index in [2.05, 4.69) is 0 Å². The fraction of sp³-hybridized carbons (Fsp3) is 0.421. The molecule has 1 unspecified atom stereocenters. The Hall–Kier alpha value is -2.24. The number of phenols is 1. The Morgan fingerprint density at radius 3 is 2.44 bits per heavy atom. The van der Waals surface area contributed by atoms with Crippen LogP contribution in [0.25, 0.3) is 10.8 Å². The molecule has 0 heterocycles. The molecule has 1 N–H and O–H groups in total. The van der Waals surface area contributed by atoms with Crippen molar-refractivity contribution in [3.8, 4) is 5.75 Å². The van der Waals surface area contributed by atoms with E-state index in [1.165, 1.54) is 24.3 Å². The molecule has 2 aromatic carbocycles. The van der Waals surface area contributed by atoms with Crippen LogP contribution in [-0.2, 0) is 4.74 Å². The summed E-state index contributed by atoms with van der Waals surface area (Å²) in [5, 5.41) is 10.7. The molecule has 0 spiro atoms. The molecule has 0 fully saturated rings. The number of esters is 1. The molecule has 2 rings (SSSR count). The largest absolute Gasteiger partial charge is 0.508 e. The van der Waals surface area contributed by atoms with Crippen molar-refractivity contribution in [2.75, 3.05) is 0 Å². The summed E-state index contributed by atoms with van der Waals surface area (Å²) in [5.74, 6) is -0.917. The third kappa shape index (κ3) is 5.37. The fourth-order valence-corrected chi connectivity index (χ4v) is 2.60. The number of carbonyl (C=O) groups is 1. The van der Waals surface area contributed by atoms with Gasteiger partial charge in [-0.25, -0.2) is 4.79 Å². The Morgan fingerprint density at radius 2 is 1.76 bits per heavy atom. The average Bonchev–Trinajstić information content (AvgIpc) is 2.56. The van der Waals surface area contributed by atoms with Gasteiger partial charge in [-0.15, -0.1) is 0 Å². The Morgan fingerprint density at radius 1 is 1.08 bits per heavy atom. The molecule has 0 bridgehead atoms. The van der Waals surface area contributed by atoms with Gasteiger partial charge in [0.2, 0.25) is 0 Å². The minimum Gasteiger partial charge on any atom is -0.508 e. The highest BCUT2D eigenvalue weighted by molar-refractivity contribution is 5.95. The van der Waals surface area contributed by atoms with Crippen molar-refractivity contribution in [1.82, 2.24) is 0 Å². The van der Waals surface area contributed by atoms with Crippen molar-refractivity contribution in [3.05, 3.63) is 42.0 Å². The number of fused-ring (bicyclic) bond motifs is 1. The van der Waals surface area contributed by atoms with Gasteiger partial charge in [-0.05, 0) is 47.9 Å². The molecule has 0 aliphatic carbocycles. The van der Waals surface area contributed by atoms with Crippen LogP contribution >= 0.6 is 0 Å². The quantitative estimate of drug-likeness (QED) is 0.520. The van der Waals surface area contributed by atoms with Crippen LogP contribution < -0.4 is 0 Å². The first-order valence-electron chi connectivity index (χ1n) is 8.31. The van der Waals surface area contributed by atoms with E-state index < -0.39 is 18.2 Å². The summed E-state index contributed by atoms with van der Waals surface area (Å²) in [6.07, 6.45) is -4.07. The summed E-state index contributed by atoms with van der Waals surface area (Å²) in [4.78, 5) is 12.1. The number of hydrogen-bond acceptors (Lipinski definition) is 3. The van der Waals surface area contributed by atoms with Gasteiger partial charge in [-0.1, -0.05) is 38.3 Å². The number of hydrogen-bond donors (Lipinski definition) is 1. The van der Waals surface area contributed by atoms with E-state index in [0.29, 0.717) is 23.6 Å². The maximum atomic E-state index is 13.1.